The van der Waals surface area contributed by atoms with Crippen LogP contribution in [-0.4, -0.2) is 27.9 Å². The van der Waals surface area contributed by atoms with E-state index in [0.29, 0.717) is 6.61 Å². The van der Waals surface area contributed by atoms with Crippen LogP contribution in [0.1, 0.15) is 13.3 Å². The molecule has 0 aliphatic heterocycles. The van der Waals surface area contributed by atoms with Crippen molar-refractivity contribution < 1.29 is 43.0 Å². The van der Waals surface area contributed by atoms with Crippen LogP contribution in [0.4, 0.5) is 0 Å². The Kier molecular flexibility index (Phi) is 286. The number of rotatable bonds is 1. The Hall–Kier alpha value is 0.514. The summed E-state index contributed by atoms with van der Waals surface area (Å²) in [5, 5.41) is 14.4. The minimum atomic E-state index is 0. The largest absolute Gasteiger partial charge is 0.412 e. The van der Waals surface area contributed by atoms with E-state index in [9.17, 15) is 0 Å². The van der Waals surface area contributed by atoms with E-state index < -0.39 is 0 Å². The summed E-state index contributed by atoms with van der Waals surface area (Å²) in [5.41, 5.74) is 0. The van der Waals surface area contributed by atoms with Crippen LogP contribution in [0.25, 0.3) is 0 Å². The molecule has 0 heterocycles. The van der Waals surface area contributed by atoms with Crippen LogP contribution < -0.4 is 5.90 Å². The third-order valence-corrected chi connectivity index (χ3v) is 0.224. The molecule has 0 amide bonds. The van der Waals surface area contributed by atoms with Gasteiger partial charge in [-0.1, -0.05) is 6.92 Å². The fourth-order valence-electron chi connectivity index (χ4n) is 0. The minimum Gasteiger partial charge on any atom is -0.412 e. The predicted octanol–water partition coefficient (Wildman–Crippen LogP) is -1.93. The smallest absolute Gasteiger partial charge is 0.0428 e. The second-order valence-electron chi connectivity index (χ2n) is 0.724. The van der Waals surface area contributed by atoms with Crippen LogP contribution >= 0.6 is 0 Å². The van der Waals surface area contributed by atoms with Gasteiger partial charge >= 0.3 is 0 Å². The molecule has 0 saturated heterocycles. The van der Waals surface area contributed by atoms with E-state index in [1.54, 1.807) is 0 Å². The summed E-state index contributed by atoms with van der Waals surface area (Å²) in [6, 6.07) is 0. The van der Waals surface area contributed by atoms with E-state index in [4.69, 9.17) is 10.3 Å². The van der Waals surface area contributed by atoms with Gasteiger partial charge in [0.15, 0.2) is 0 Å². The molecule has 5 nitrogen and oxygen atoms in total. The average molecular weight is 177 g/mol. The normalized spacial score (nSPS) is 4.00. The SMILES string of the molecule is CCCO.NO.O.O.[Ti]. The van der Waals surface area contributed by atoms with Crippen LogP contribution in [-0.2, 0) is 21.7 Å². The monoisotopic (exact) mass is 177 g/mol. The van der Waals surface area contributed by atoms with Gasteiger partial charge in [-0.3, -0.25) is 0 Å². The Morgan fingerprint density at radius 1 is 1.22 bits per heavy atom. The second-order valence-corrected chi connectivity index (χ2v) is 0.724. The summed E-state index contributed by atoms with van der Waals surface area (Å²) >= 11 is 0. The van der Waals surface area contributed by atoms with Crippen LogP contribution in [0.15, 0.2) is 0 Å². The van der Waals surface area contributed by atoms with E-state index in [2.05, 4.69) is 5.90 Å². The molecule has 0 saturated carbocycles. The van der Waals surface area contributed by atoms with Gasteiger partial charge in [-0.15, -0.1) is 0 Å². The van der Waals surface area contributed by atoms with Gasteiger partial charge in [-0.2, -0.15) is 0 Å². The van der Waals surface area contributed by atoms with Crippen molar-refractivity contribution in [1.29, 1.82) is 0 Å². The summed E-state index contributed by atoms with van der Waals surface area (Å²) in [6.07, 6.45) is 0.875. The van der Waals surface area contributed by atoms with Crippen molar-refractivity contribution in [3.63, 3.8) is 0 Å². The van der Waals surface area contributed by atoms with Gasteiger partial charge in [0, 0.05) is 28.3 Å². The van der Waals surface area contributed by atoms with Gasteiger partial charge in [0.25, 0.3) is 0 Å². The Balaban J connectivity index is -0.00000000990. The standard InChI is InChI=1S/C3H8O.H3NO.2H2O.Ti/c1-2-3-4;1-2;;;/h4H,2-3H2,1H3;2H,1H2;2*1H2;. The first kappa shape index (κ1) is 33.8. The molecule has 8 N–H and O–H groups in total. The third-order valence-electron chi connectivity index (χ3n) is 0.224. The number of hydrogen-bond acceptors (Lipinski definition) is 3. The van der Waals surface area contributed by atoms with Crippen molar-refractivity contribution in [3.8, 4) is 0 Å². The number of aliphatic hydroxyl groups excluding tert-OH is 1. The maximum atomic E-state index is 7.88. The summed E-state index contributed by atoms with van der Waals surface area (Å²) in [5.74, 6) is 3.50. The van der Waals surface area contributed by atoms with E-state index in [1.165, 1.54) is 0 Å². The summed E-state index contributed by atoms with van der Waals surface area (Å²) in [4.78, 5) is 0. The molecule has 60 valence electrons. The maximum absolute atomic E-state index is 7.88. The molecule has 0 spiro atoms. The van der Waals surface area contributed by atoms with Gasteiger partial charge in [0.2, 0.25) is 0 Å². The fourth-order valence-corrected chi connectivity index (χ4v) is 0. The van der Waals surface area contributed by atoms with Crippen molar-refractivity contribution in [2.75, 3.05) is 6.61 Å². The van der Waals surface area contributed by atoms with Gasteiger partial charge in [-0.05, 0) is 6.42 Å². The van der Waals surface area contributed by atoms with E-state index in [0.717, 1.165) is 6.42 Å². The number of nitrogens with two attached hydrogens (primary N) is 1. The molecule has 0 radical (unpaired) electrons. The van der Waals surface area contributed by atoms with Gasteiger partial charge in [0.1, 0.15) is 0 Å². The molecular weight excluding hydrogens is 162 g/mol. The second kappa shape index (κ2) is 76.0. The van der Waals surface area contributed by atoms with Crippen molar-refractivity contribution in [2.45, 2.75) is 13.3 Å². The Morgan fingerprint density at radius 3 is 1.33 bits per heavy atom. The summed E-state index contributed by atoms with van der Waals surface area (Å²) in [7, 11) is 0. The fraction of sp³-hybridized carbons (Fsp3) is 1.00. The first-order chi connectivity index (χ1) is 2.91. The van der Waals surface area contributed by atoms with Crippen molar-refractivity contribution >= 4 is 0 Å². The molecular formula is C3H15NO4Ti. The topological polar surface area (TPSA) is 129 Å². The molecule has 0 aliphatic rings. The first-order valence-corrected chi connectivity index (χ1v) is 1.78. The molecule has 0 atom stereocenters. The van der Waals surface area contributed by atoms with Crippen molar-refractivity contribution in [3.05, 3.63) is 0 Å². The molecule has 0 aromatic rings. The molecule has 9 heavy (non-hydrogen) atoms. The Bertz CT molecular complexity index is 17.8. The van der Waals surface area contributed by atoms with Crippen LogP contribution in [0.5, 0.6) is 0 Å². The van der Waals surface area contributed by atoms with Gasteiger partial charge in [-0.25, -0.2) is 5.90 Å². The molecule has 0 aromatic heterocycles. The molecule has 0 aromatic carbocycles. The van der Waals surface area contributed by atoms with Crippen LogP contribution in [0, 0.1) is 0 Å². The minimum absolute atomic E-state index is 0. The van der Waals surface area contributed by atoms with E-state index >= 15 is 0 Å². The molecule has 0 unspecified atom stereocenters. The Labute approximate surface area is 69.3 Å². The van der Waals surface area contributed by atoms with Crippen molar-refractivity contribution in [1.82, 2.24) is 0 Å². The third kappa shape index (κ3) is 158. The predicted molar refractivity (Wildman–Crippen MR) is 30.6 cm³/mol. The zero-order valence-corrected chi connectivity index (χ0v) is 6.95. The zero-order chi connectivity index (χ0) is 5.41. The number of aliphatic hydroxyl groups is 1. The molecule has 0 aliphatic carbocycles. The van der Waals surface area contributed by atoms with E-state index in [1.807, 2.05) is 6.92 Å². The van der Waals surface area contributed by atoms with E-state index in [-0.39, 0.29) is 32.7 Å². The van der Waals surface area contributed by atoms with Crippen LogP contribution in [0.3, 0.4) is 0 Å². The van der Waals surface area contributed by atoms with Gasteiger partial charge < -0.3 is 21.3 Å². The van der Waals surface area contributed by atoms with Crippen molar-refractivity contribution in [2.24, 2.45) is 5.90 Å². The summed E-state index contributed by atoms with van der Waals surface area (Å²) in [6.45, 7) is 2.25. The van der Waals surface area contributed by atoms with Gasteiger partial charge in [0.05, 0.1) is 0 Å². The first-order valence-electron chi connectivity index (χ1n) is 1.78. The average Bonchev–Trinajstić information content (AvgIpc) is 1.72. The molecule has 0 fully saturated rings. The Morgan fingerprint density at radius 2 is 1.33 bits per heavy atom. The van der Waals surface area contributed by atoms with Crippen LogP contribution in [0.2, 0.25) is 0 Å². The zero-order valence-electron chi connectivity index (χ0n) is 5.39. The summed E-state index contributed by atoms with van der Waals surface area (Å²) < 4.78 is 0. The molecule has 0 rings (SSSR count). The molecule has 0 bridgehead atoms. The maximum Gasteiger partial charge on any atom is 0.0428 e. The number of hydrogen-bond donors (Lipinski definition) is 3. The molecule has 6 heteroatoms. The quantitative estimate of drug-likeness (QED) is 0.318.